The molecule has 0 saturated carbocycles. The first kappa shape index (κ1) is 98.5. The van der Waals surface area contributed by atoms with Crippen LogP contribution in [0, 0.1) is 23.3 Å². The zero-order chi connectivity index (χ0) is 96.3. The Kier molecular flexibility index (Phi) is 34.6. The molecule has 6 fully saturated rings. The van der Waals surface area contributed by atoms with Crippen molar-refractivity contribution in [2.45, 2.75) is 153 Å². The van der Waals surface area contributed by atoms with E-state index in [9.17, 15) is 75.1 Å². The van der Waals surface area contributed by atoms with Crippen LogP contribution in [0.5, 0.6) is 0 Å². The molecule has 0 aliphatic carbocycles. The fourth-order valence-corrected chi connectivity index (χ4v) is 17.3. The van der Waals surface area contributed by atoms with Gasteiger partial charge in [0.2, 0.25) is 29.5 Å². The van der Waals surface area contributed by atoms with Crippen LogP contribution in [-0.2, 0) is 51.1 Å². The van der Waals surface area contributed by atoms with Crippen LogP contribution in [0.4, 0.5) is 63.3 Å². The van der Waals surface area contributed by atoms with E-state index in [1.807, 2.05) is 71.6 Å². The molecule has 9 amide bonds. The van der Waals surface area contributed by atoms with Crippen LogP contribution in [0.2, 0.25) is 0 Å². The number of aliphatic carboxylic acids is 1. The molecule has 33 nitrogen and oxygen atoms in total. The van der Waals surface area contributed by atoms with Crippen molar-refractivity contribution in [1.29, 1.82) is 0 Å². The van der Waals surface area contributed by atoms with Crippen LogP contribution in [0.15, 0.2) is 146 Å². The number of ether oxygens (including phenoxy) is 2. The van der Waals surface area contributed by atoms with Crippen LogP contribution in [0.3, 0.4) is 0 Å². The number of carbonyl (C=O) groups excluding carboxylic acids is 11. The molecular formula is C100H112F4N18O15. The van der Waals surface area contributed by atoms with E-state index in [2.05, 4.69) is 94.7 Å². The second-order valence-electron chi connectivity index (χ2n) is 34.7. The van der Waals surface area contributed by atoms with Crippen molar-refractivity contribution in [3.05, 3.63) is 224 Å². The zero-order valence-electron chi connectivity index (χ0n) is 75.8. The Morgan fingerprint density at radius 3 is 1.28 bits per heavy atom. The van der Waals surface area contributed by atoms with Crippen LogP contribution in [-0.4, -0.2) is 218 Å². The van der Waals surface area contributed by atoms with Crippen molar-refractivity contribution in [3.8, 4) is 0 Å². The Balaban J connectivity index is 0.000000183. The molecule has 6 aliphatic rings. The van der Waals surface area contributed by atoms with Gasteiger partial charge in [-0.3, -0.25) is 78.4 Å². The lowest BCUT2D eigenvalue weighted by Gasteiger charge is -2.36. The average molecular weight is 1880 g/mol. The summed E-state index contributed by atoms with van der Waals surface area (Å²) in [6.45, 7) is 9.98. The number of fused-ring (bicyclic) bond motifs is 2. The van der Waals surface area contributed by atoms with Gasteiger partial charge in [0.15, 0.2) is 24.2 Å². The lowest BCUT2D eigenvalue weighted by Crippen LogP contribution is -2.52. The molecule has 16 rings (SSSR count). The van der Waals surface area contributed by atoms with E-state index in [1.165, 1.54) is 30.3 Å². The number of piperazine rings is 2. The number of hydrogen-bond acceptors (Lipinski definition) is 23. The molecule has 8 aromatic carbocycles. The quantitative estimate of drug-likeness (QED) is 0.00750. The van der Waals surface area contributed by atoms with E-state index in [-0.39, 0.29) is 96.0 Å². The maximum Gasteiger partial charge on any atom is 0.303 e. The van der Waals surface area contributed by atoms with Gasteiger partial charge in [-0.15, -0.1) is 0 Å². The SMILES string of the molecule is O=C(Nc1n[nH]c2ccc(Cc3cc(F)cc(F)c3)cc12)c1ccc(N2CCNCC2)cc1NC1CCOCC1.O=Cc1ccc(NCCCCCCC(=O)N2CCN(c3ccc(C(=O)Nc4n[nH]c5ccc(Cc6cc(F)cc(F)c6)cc45)c(NC4CCOCC4)c3)CC2)cc1C(=O)NC1CCC(=O)NC1=O.O=Cc1ccc(NCCCCCCC(=O)O)cc1C(=O)NC1CCC(=O)NC1=O. The monoisotopic (exact) mass is 1880 g/mol. The first-order chi connectivity index (χ1) is 66.4. The summed E-state index contributed by atoms with van der Waals surface area (Å²) < 4.78 is 66.3. The van der Waals surface area contributed by atoms with Gasteiger partial charge in [-0.2, -0.15) is 10.2 Å². The number of carboxylic acid groups (broad SMARTS) is 1. The summed E-state index contributed by atoms with van der Waals surface area (Å²) in [5.41, 5.74) is 10.6. The summed E-state index contributed by atoms with van der Waals surface area (Å²) in [5.74, 6) is -6.07. The van der Waals surface area contributed by atoms with Gasteiger partial charge in [-0.1, -0.05) is 37.8 Å². The number of aromatic nitrogens is 4. The predicted molar refractivity (Wildman–Crippen MR) is 510 cm³/mol. The third-order valence-corrected chi connectivity index (χ3v) is 24.7. The van der Waals surface area contributed by atoms with Gasteiger partial charge in [-0.25, -0.2) is 17.6 Å². The number of benzene rings is 8. The number of imide groups is 2. The summed E-state index contributed by atoms with van der Waals surface area (Å²) >= 11 is 0. The molecular weight excluding hydrogens is 1770 g/mol. The van der Waals surface area contributed by atoms with Gasteiger partial charge in [0.1, 0.15) is 35.4 Å². The van der Waals surface area contributed by atoms with Crippen molar-refractivity contribution < 1.29 is 89.7 Å². The number of H-pyrrole nitrogens is 2. The van der Waals surface area contributed by atoms with E-state index in [0.29, 0.717) is 166 Å². The number of carbonyl (C=O) groups is 12. The summed E-state index contributed by atoms with van der Waals surface area (Å²) in [6.07, 6.45) is 13.0. The molecule has 2 unspecified atom stereocenters. The molecule has 2 aromatic heterocycles. The van der Waals surface area contributed by atoms with E-state index < -0.39 is 65.0 Å². The van der Waals surface area contributed by atoms with Crippen molar-refractivity contribution in [2.75, 3.05) is 134 Å². The summed E-state index contributed by atoms with van der Waals surface area (Å²) in [6, 6.07) is 38.0. The number of amides is 9. The lowest BCUT2D eigenvalue weighted by molar-refractivity contribution is -0.137. The Bertz CT molecular complexity index is 6010. The second kappa shape index (κ2) is 48.1. The second-order valence-corrected chi connectivity index (χ2v) is 34.7. The number of nitrogens with zero attached hydrogens (tertiary/aromatic N) is 5. The highest BCUT2D eigenvalue weighted by Crippen LogP contribution is 2.34. The molecule has 720 valence electrons. The molecule has 0 radical (unpaired) electrons. The van der Waals surface area contributed by atoms with Gasteiger partial charge < -0.3 is 77.1 Å². The summed E-state index contributed by atoms with van der Waals surface area (Å²) in [4.78, 5) is 153. The van der Waals surface area contributed by atoms with Crippen LogP contribution >= 0.6 is 0 Å². The van der Waals surface area contributed by atoms with Crippen molar-refractivity contribution in [3.63, 3.8) is 0 Å². The number of rotatable bonds is 36. The van der Waals surface area contributed by atoms with Gasteiger partial charge in [0, 0.05) is 198 Å². The largest absolute Gasteiger partial charge is 0.481 e. The van der Waals surface area contributed by atoms with E-state index in [0.717, 1.165) is 148 Å². The lowest BCUT2D eigenvalue weighted by atomic mass is 10.0. The third kappa shape index (κ3) is 27.9. The fraction of sp³-hybridized carbons (Fsp3) is 0.380. The highest BCUT2D eigenvalue weighted by atomic mass is 19.1. The summed E-state index contributed by atoms with van der Waals surface area (Å²) in [5, 5.41) is 57.2. The van der Waals surface area contributed by atoms with Crippen LogP contribution < -0.4 is 68.3 Å². The average Bonchev–Trinajstić information content (AvgIpc) is 1.64. The number of piperidine rings is 2. The van der Waals surface area contributed by atoms with E-state index in [1.54, 1.807) is 30.3 Å². The molecule has 0 bridgehead atoms. The topological polar surface area (TPSA) is 443 Å². The van der Waals surface area contributed by atoms with Crippen LogP contribution in [0.1, 0.15) is 200 Å². The number of unbranched alkanes of at least 4 members (excludes halogenated alkanes) is 6. The van der Waals surface area contributed by atoms with E-state index in [4.69, 9.17) is 14.6 Å². The highest BCUT2D eigenvalue weighted by Gasteiger charge is 2.33. The number of carboxylic acids is 1. The maximum absolute atomic E-state index is 14.0. The number of aldehydes is 2. The minimum atomic E-state index is -0.855. The fourth-order valence-electron chi connectivity index (χ4n) is 17.3. The number of anilines is 8. The van der Waals surface area contributed by atoms with Crippen LogP contribution in [0.25, 0.3) is 21.8 Å². The molecule has 6 saturated heterocycles. The van der Waals surface area contributed by atoms with E-state index >= 15 is 0 Å². The smallest absolute Gasteiger partial charge is 0.303 e. The van der Waals surface area contributed by atoms with Crippen molar-refractivity contribution >= 4 is 139 Å². The van der Waals surface area contributed by atoms with Gasteiger partial charge >= 0.3 is 5.97 Å². The standard InChI is InChI=1S/C50H55F2N9O7.C30H32F2N6O2.C20H25N3O6/c51-34-24-32(25-35(52)27-34)23-31-6-11-42-41(26-31)47(59-58-42)57-48(65)39-10-9-38(29-44(39)54-36-14-21-68-22-15-36)60-17-19-61(20-18-60)46(64)5-3-1-2-4-16-53-37-8-7-33(30-62)40(28-37)49(66)55-43-12-13-45(63)56-50(43)67;31-21-14-20(15-22(32)17-21)13-19-1-4-27-26(16-19)29(37-36-27)35-30(39)25-3-2-24(38-9-7-33-8-10-38)18-28(25)34-23-5-11-40-12-6-23;24-12-13-6-7-14(21-10-4-2-1-3-5-18(26)27)11-15(13)19(28)22-16-8-9-17(25)23-20(16)29/h6-11,24-30,36,43,53-54H,1-5,12-23H2,(H,55,66)(H,56,63,67)(H2,57,58,59,65);1-4,14-18,23,33-34H,5-13H2,(H2,35,36,37,39);6-7,11-12,16,21H,1-5,8-10H2,(H,22,28)(H,26,27)(H,23,25,29). The first-order valence-electron chi connectivity index (χ1n) is 46.5. The first-order valence-corrected chi connectivity index (χ1v) is 46.5. The Morgan fingerprint density at radius 1 is 0.438 bits per heavy atom. The summed E-state index contributed by atoms with van der Waals surface area (Å²) in [7, 11) is 0. The van der Waals surface area contributed by atoms with Gasteiger partial charge in [0.05, 0.1) is 33.3 Å². The normalized spacial score (nSPS) is 16.4. The third-order valence-electron chi connectivity index (χ3n) is 24.7. The minimum absolute atomic E-state index is 0.113. The van der Waals surface area contributed by atoms with Crippen molar-refractivity contribution in [1.82, 2.24) is 51.9 Å². The number of hydrogen-bond donors (Lipinski definition) is 14. The molecule has 137 heavy (non-hydrogen) atoms. The number of halogens is 4. The van der Waals surface area contributed by atoms with Gasteiger partial charge in [0.25, 0.3) is 23.6 Å². The number of nitrogens with one attached hydrogen (secondary N) is 13. The molecule has 14 N–H and O–H groups in total. The molecule has 37 heteroatoms. The zero-order valence-corrected chi connectivity index (χ0v) is 75.8. The van der Waals surface area contributed by atoms with Gasteiger partial charge in [-0.05, 0) is 221 Å². The maximum atomic E-state index is 14.0. The molecule has 6 aliphatic heterocycles. The molecule has 0 spiro atoms. The highest BCUT2D eigenvalue weighted by molar-refractivity contribution is 6.13. The Hall–Kier alpha value is -14.5. The molecule has 8 heterocycles. The van der Waals surface area contributed by atoms with Crippen molar-refractivity contribution in [2.24, 2.45) is 0 Å². The minimum Gasteiger partial charge on any atom is -0.481 e. The Labute approximate surface area is 787 Å². The number of aromatic amines is 2. The molecule has 2 atom stereocenters. The Morgan fingerprint density at radius 2 is 0.861 bits per heavy atom. The molecule has 10 aromatic rings. The predicted octanol–water partition coefficient (Wildman–Crippen LogP) is 12.5.